The molecule has 1 saturated heterocycles. The highest BCUT2D eigenvalue weighted by Gasteiger charge is 2.20. The van der Waals surface area contributed by atoms with E-state index in [0.717, 1.165) is 38.4 Å². The average Bonchev–Trinajstić information content (AvgIpc) is 3.21. The molecule has 6 nitrogen and oxygen atoms in total. The molecule has 0 bridgehead atoms. The number of nitrogens with one attached hydrogen (secondary N) is 2. The van der Waals surface area contributed by atoms with Crippen molar-refractivity contribution in [1.29, 1.82) is 0 Å². The van der Waals surface area contributed by atoms with Gasteiger partial charge in [0.25, 0.3) is 0 Å². The van der Waals surface area contributed by atoms with Gasteiger partial charge in [0, 0.05) is 52.2 Å². The third kappa shape index (κ3) is 7.09. The standard InChI is InChI=1S/C26H37N5O/c1-21(30(3)19-22-10-5-4-6-11-22)15-16-28-26(27-2)29-18-23-12-7-8-13-24(23)20-31-17-9-14-25(31)32/h4-8,10-13,21H,9,14-20H2,1-3H3,(H2,27,28,29). The van der Waals surface area contributed by atoms with Crippen LogP contribution in [0.4, 0.5) is 0 Å². The van der Waals surface area contributed by atoms with Gasteiger partial charge in [-0.15, -0.1) is 0 Å². The first-order valence-corrected chi connectivity index (χ1v) is 11.6. The Morgan fingerprint density at radius 1 is 1.09 bits per heavy atom. The van der Waals surface area contributed by atoms with Crippen LogP contribution in [0.15, 0.2) is 59.6 Å². The van der Waals surface area contributed by atoms with E-state index in [0.29, 0.717) is 25.6 Å². The molecule has 0 aliphatic carbocycles. The molecular formula is C26H37N5O. The maximum Gasteiger partial charge on any atom is 0.222 e. The second-order valence-corrected chi connectivity index (χ2v) is 8.58. The van der Waals surface area contributed by atoms with E-state index in [1.807, 2.05) is 17.0 Å². The van der Waals surface area contributed by atoms with Crippen LogP contribution in [0.25, 0.3) is 0 Å². The molecule has 3 rings (SSSR count). The Morgan fingerprint density at radius 3 is 2.50 bits per heavy atom. The zero-order chi connectivity index (χ0) is 22.8. The second-order valence-electron chi connectivity index (χ2n) is 8.58. The molecule has 0 saturated carbocycles. The largest absolute Gasteiger partial charge is 0.356 e. The first kappa shape index (κ1) is 23.8. The molecule has 1 fully saturated rings. The lowest BCUT2D eigenvalue weighted by Gasteiger charge is -2.25. The van der Waals surface area contributed by atoms with Gasteiger partial charge in [-0.25, -0.2) is 0 Å². The van der Waals surface area contributed by atoms with Gasteiger partial charge in [-0.1, -0.05) is 54.6 Å². The zero-order valence-corrected chi connectivity index (χ0v) is 19.7. The van der Waals surface area contributed by atoms with E-state index in [2.05, 4.69) is 77.0 Å². The van der Waals surface area contributed by atoms with Crippen molar-refractivity contribution >= 4 is 11.9 Å². The highest BCUT2D eigenvalue weighted by Crippen LogP contribution is 2.17. The first-order chi connectivity index (χ1) is 15.6. The quantitative estimate of drug-likeness (QED) is 0.444. The van der Waals surface area contributed by atoms with Crippen LogP contribution in [0.2, 0.25) is 0 Å². The topological polar surface area (TPSA) is 60.0 Å². The van der Waals surface area contributed by atoms with Gasteiger partial charge in [-0.3, -0.25) is 14.7 Å². The molecule has 32 heavy (non-hydrogen) atoms. The van der Waals surface area contributed by atoms with Crippen LogP contribution in [-0.4, -0.2) is 54.9 Å². The van der Waals surface area contributed by atoms with Gasteiger partial charge in [0.2, 0.25) is 5.91 Å². The van der Waals surface area contributed by atoms with Gasteiger partial charge in [-0.05, 0) is 43.5 Å². The lowest BCUT2D eigenvalue weighted by Crippen LogP contribution is -2.40. The number of likely N-dealkylation sites (tertiary alicyclic amines) is 1. The van der Waals surface area contributed by atoms with Crippen LogP contribution < -0.4 is 10.6 Å². The Kier molecular flexibility index (Phi) is 9.11. The maximum absolute atomic E-state index is 12.0. The second kappa shape index (κ2) is 12.2. The highest BCUT2D eigenvalue weighted by molar-refractivity contribution is 5.79. The number of rotatable bonds is 10. The smallest absolute Gasteiger partial charge is 0.222 e. The molecule has 172 valence electrons. The molecule has 1 unspecified atom stereocenters. The average molecular weight is 436 g/mol. The Hall–Kier alpha value is -2.86. The van der Waals surface area contributed by atoms with Crippen LogP contribution in [0.3, 0.4) is 0 Å². The van der Waals surface area contributed by atoms with Crippen LogP contribution >= 0.6 is 0 Å². The molecule has 2 aromatic carbocycles. The fraction of sp³-hybridized carbons (Fsp3) is 0.462. The summed E-state index contributed by atoms with van der Waals surface area (Å²) in [6.45, 7) is 6.29. The number of aliphatic imine (C=N–C) groups is 1. The van der Waals surface area contributed by atoms with Crippen LogP contribution in [0, 0.1) is 0 Å². The maximum atomic E-state index is 12.0. The van der Waals surface area contributed by atoms with Crippen molar-refractivity contribution in [2.75, 3.05) is 27.2 Å². The molecule has 1 heterocycles. The van der Waals surface area contributed by atoms with Gasteiger partial charge < -0.3 is 15.5 Å². The number of nitrogens with zero attached hydrogens (tertiary/aromatic N) is 3. The normalized spacial score (nSPS) is 15.3. The first-order valence-electron chi connectivity index (χ1n) is 11.6. The van der Waals surface area contributed by atoms with E-state index >= 15 is 0 Å². The molecule has 2 N–H and O–H groups in total. The zero-order valence-electron chi connectivity index (χ0n) is 19.7. The number of carbonyl (C=O) groups is 1. The Morgan fingerprint density at radius 2 is 1.81 bits per heavy atom. The fourth-order valence-electron chi connectivity index (χ4n) is 4.01. The summed E-state index contributed by atoms with van der Waals surface area (Å²) in [4.78, 5) is 20.7. The minimum atomic E-state index is 0.261. The highest BCUT2D eigenvalue weighted by atomic mass is 16.2. The summed E-state index contributed by atoms with van der Waals surface area (Å²) in [6, 6.07) is 19.4. The van der Waals surface area contributed by atoms with Gasteiger partial charge in [-0.2, -0.15) is 0 Å². The fourth-order valence-corrected chi connectivity index (χ4v) is 4.01. The van der Waals surface area contributed by atoms with Crippen molar-refractivity contribution in [1.82, 2.24) is 20.4 Å². The van der Waals surface area contributed by atoms with Gasteiger partial charge in [0.15, 0.2) is 5.96 Å². The molecule has 1 atom stereocenters. The summed E-state index contributed by atoms with van der Waals surface area (Å²) in [5, 5.41) is 6.86. The van der Waals surface area contributed by atoms with Crippen LogP contribution in [-0.2, 0) is 24.4 Å². The summed E-state index contributed by atoms with van der Waals surface area (Å²) in [5.41, 5.74) is 3.73. The molecule has 0 spiro atoms. The minimum absolute atomic E-state index is 0.261. The van der Waals surface area contributed by atoms with E-state index in [-0.39, 0.29) is 5.91 Å². The molecule has 2 aromatic rings. The molecule has 1 aliphatic heterocycles. The van der Waals surface area contributed by atoms with Gasteiger partial charge in [0.05, 0.1) is 0 Å². The van der Waals surface area contributed by atoms with E-state index in [1.54, 1.807) is 7.05 Å². The Labute approximate surface area is 192 Å². The SMILES string of the molecule is CN=C(NCCC(C)N(C)Cc1ccccc1)NCc1ccccc1CN1CCCC1=O. The molecular weight excluding hydrogens is 398 g/mol. The lowest BCUT2D eigenvalue weighted by atomic mass is 10.1. The Balaban J connectivity index is 1.44. The van der Waals surface area contributed by atoms with Crippen molar-refractivity contribution in [2.24, 2.45) is 4.99 Å². The molecule has 1 aliphatic rings. The van der Waals surface area contributed by atoms with E-state index in [4.69, 9.17) is 0 Å². The number of amides is 1. The van der Waals surface area contributed by atoms with E-state index in [9.17, 15) is 4.79 Å². The molecule has 1 amide bonds. The van der Waals surface area contributed by atoms with E-state index < -0.39 is 0 Å². The predicted molar refractivity (Wildman–Crippen MR) is 131 cm³/mol. The monoisotopic (exact) mass is 435 g/mol. The minimum Gasteiger partial charge on any atom is -0.356 e. The number of hydrogen-bond donors (Lipinski definition) is 2. The van der Waals surface area contributed by atoms with Crippen molar-refractivity contribution < 1.29 is 4.79 Å². The number of carbonyl (C=O) groups excluding carboxylic acids is 1. The third-order valence-electron chi connectivity index (χ3n) is 6.20. The third-order valence-corrected chi connectivity index (χ3v) is 6.20. The van der Waals surface area contributed by atoms with Crippen molar-refractivity contribution in [2.45, 2.75) is 51.9 Å². The van der Waals surface area contributed by atoms with Crippen LogP contribution in [0.5, 0.6) is 0 Å². The van der Waals surface area contributed by atoms with Crippen molar-refractivity contribution in [3.63, 3.8) is 0 Å². The number of benzene rings is 2. The number of guanidine groups is 1. The molecule has 0 radical (unpaired) electrons. The number of hydrogen-bond acceptors (Lipinski definition) is 3. The summed E-state index contributed by atoms with van der Waals surface area (Å²) < 4.78 is 0. The Bertz CT molecular complexity index is 883. The van der Waals surface area contributed by atoms with E-state index in [1.165, 1.54) is 16.7 Å². The van der Waals surface area contributed by atoms with Gasteiger partial charge in [0.1, 0.15) is 0 Å². The van der Waals surface area contributed by atoms with Crippen molar-refractivity contribution in [3.05, 3.63) is 71.3 Å². The summed E-state index contributed by atoms with van der Waals surface area (Å²) >= 11 is 0. The summed E-state index contributed by atoms with van der Waals surface area (Å²) in [6.07, 6.45) is 2.67. The van der Waals surface area contributed by atoms with Gasteiger partial charge >= 0.3 is 0 Å². The lowest BCUT2D eigenvalue weighted by molar-refractivity contribution is -0.128. The predicted octanol–water partition coefficient (Wildman–Crippen LogP) is 3.38. The van der Waals surface area contributed by atoms with Crippen LogP contribution in [0.1, 0.15) is 42.9 Å². The molecule has 0 aromatic heterocycles. The molecule has 6 heteroatoms. The van der Waals surface area contributed by atoms with Crippen molar-refractivity contribution in [3.8, 4) is 0 Å². The summed E-state index contributed by atoms with van der Waals surface area (Å²) in [5.74, 6) is 1.06. The summed E-state index contributed by atoms with van der Waals surface area (Å²) in [7, 11) is 3.97.